The molecule has 1 aromatic carbocycles. The number of hydrogen-bond donors (Lipinski definition) is 1. The highest BCUT2D eigenvalue weighted by molar-refractivity contribution is 6.31. The van der Waals surface area contributed by atoms with Crippen molar-refractivity contribution in [2.24, 2.45) is 0 Å². The zero-order valence-corrected chi connectivity index (χ0v) is 11.1. The first-order valence-corrected chi connectivity index (χ1v) is 6.17. The molecule has 0 fully saturated rings. The van der Waals surface area contributed by atoms with Crippen LogP contribution in [-0.4, -0.2) is 18.0 Å². The molecule has 1 rings (SSSR count). The molecule has 0 spiro atoms. The van der Waals surface area contributed by atoms with Gasteiger partial charge in [0, 0.05) is 17.7 Å². The second kappa shape index (κ2) is 6.66. The quantitative estimate of drug-likeness (QED) is 0.639. The summed E-state index contributed by atoms with van der Waals surface area (Å²) in [5.41, 5.74) is 0.243. The van der Waals surface area contributed by atoms with E-state index in [0.29, 0.717) is 12.0 Å². The van der Waals surface area contributed by atoms with E-state index in [-0.39, 0.29) is 16.8 Å². The molecular weight excluding hydrogens is 259 g/mol. The van der Waals surface area contributed by atoms with Crippen LogP contribution in [0.3, 0.4) is 0 Å². The van der Waals surface area contributed by atoms with E-state index in [9.17, 15) is 14.5 Å². The molecule has 0 heterocycles. The van der Waals surface area contributed by atoms with Gasteiger partial charge in [-0.1, -0.05) is 24.9 Å². The standard InChI is InChI=1S/C12H16ClFN2O2/c1-3-4-9(15-2)5-8-6-11(14)10(13)7-12(8)16(17)18/h6-7,9,15H,3-5H2,1-2H3. The van der Waals surface area contributed by atoms with Crippen molar-refractivity contribution in [1.82, 2.24) is 5.32 Å². The summed E-state index contributed by atoms with van der Waals surface area (Å²) in [4.78, 5) is 10.4. The summed E-state index contributed by atoms with van der Waals surface area (Å²) < 4.78 is 13.4. The molecule has 1 unspecified atom stereocenters. The van der Waals surface area contributed by atoms with Gasteiger partial charge in [-0.3, -0.25) is 10.1 Å². The molecule has 4 nitrogen and oxygen atoms in total. The topological polar surface area (TPSA) is 55.2 Å². The van der Waals surface area contributed by atoms with Crippen molar-refractivity contribution in [3.8, 4) is 0 Å². The maximum Gasteiger partial charge on any atom is 0.274 e. The van der Waals surface area contributed by atoms with E-state index in [1.54, 1.807) is 7.05 Å². The molecule has 0 aliphatic carbocycles. The minimum atomic E-state index is -0.622. The summed E-state index contributed by atoms with van der Waals surface area (Å²) in [6.45, 7) is 2.03. The number of nitrogens with one attached hydrogen (secondary N) is 1. The van der Waals surface area contributed by atoms with Crippen molar-refractivity contribution in [1.29, 1.82) is 0 Å². The van der Waals surface area contributed by atoms with Crippen LogP contribution in [0.2, 0.25) is 5.02 Å². The molecule has 6 heteroatoms. The molecule has 0 bridgehead atoms. The van der Waals surface area contributed by atoms with Gasteiger partial charge >= 0.3 is 0 Å². The zero-order valence-electron chi connectivity index (χ0n) is 10.4. The fourth-order valence-corrected chi connectivity index (χ4v) is 2.03. The van der Waals surface area contributed by atoms with Gasteiger partial charge in [0.1, 0.15) is 5.82 Å². The van der Waals surface area contributed by atoms with Crippen LogP contribution in [0, 0.1) is 15.9 Å². The van der Waals surface area contributed by atoms with Crippen LogP contribution in [0.25, 0.3) is 0 Å². The van der Waals surface area contributed by atoms with Crippen LogP contribution in [0.1, 0.15) is 25.3 Å². The van der Waals surface area contributed by atoms with Crippen LogP contribution < -0.4 is 5.32 Å². The smallest absolute Gasteiger partial charge is 0.274 e. The summed E-state index contributed by atoms with van der Waals surface area (Å²) in [5.74, 6) is -0.622. The third-order valence-corrected chi connectivity index (χ3v) is 3.12. The van der Waals surface area contributed by atoms with Crippen molar-refractivity contribution < 1.29 is 9.31 Å². The van der Waals surface area contributed by atoms with Crippen molar-refractivity contribution >= 4 is 17.3 Å². The summed E-state index contributed by atoms with van der Waals surface area (Å²) in [5, 5.41) is 13.8. The van der Waals surface area contributed by atoms with E-state index in [0.717, 1.165) is 25.0 Å². The van der Waals surface area contributed by atoms with Gasteiger partial charge in [0.25, 0.3) is 5.69 Å². The SMILES string of the molecule is CCCC(Cc1cc(F)c(Cl)cc1[N+](=O)[O-])NC. The third kappa shape index (κ3) is 3.65. The lowest BCUT2D eigenvalue weighted by atomic mass is 10.0. The molecule has 100 valence electrons. The normalized spacial score (nSPS) is 12.4. The monoisotopic (exact) mass is 274 g/mol. The first kappa shape index (κ1) is 14.9. The van der Waals surface area contributed by atoms with Gasteiger partial charge < -0.3 is 5.32 Å². The maximum absolute atomic E-state index is 13.4. The molecule has 1 atom stereocenters. The van der Waals surface area contributed by atoms with E-state index in [4.69, 9.17) is 11.6 Å². The van der Waals surface area contributed by atoms with E-state index in [1.165, 1.54) is 0 Å². The van der Waals surface area contributed by atoms with E-state index >= 15 is 0 Å². The highest BCUT2D eigenvalue weighted by Gasteiger charge is 2.20. The first-order chi connectivity index (χ1) is 8.49. The molecule has 18 heavy (non-hydrogen) atoms. The van der Waals surface area contributed by atoms with Crippen molar-refractivity contribution in [3.05, 3.63) is 38.7 Å². The molecule has 0 amide bonds. The van der Waals surface area contributed by atoms with E-state index in [2.05, 4.69) is 5.32 Å². The number of nitro groups is 1. The lowest BCUT2D eigenvalue weighted by molar-refractivity contribution is -0.385. The average molecular weight is 275 g/mol. The van der Waals surface area contributed by atoms with Crippen LogP contribution in [0.5, 0.6) is 0 Å². The minimum absolute atomic E-state index is 0.0919. The lowest BCUT2D eigenvalue weighted by Gasteiger charge is -2.15. The molecule has 1 N–H and O–H groups in total. The number of halogens is 2. The van der Waals surface area contributed by atoms with E-state index < -0.39 is 10.7 Å². The van der Waals surface area contributed by atoms with Gasteiger partial charge in [0.2, 0.25) is 0 Å². The maximum atomic E-state index is 13.4. The first-order valence-electron chi connectivity index (χ1n) is 5.79. The van der Waals surface area contributed by atoms with Crippen LogP contribution >= 0.6 is 11.6 Å². The Balaban J connectivity index is 3.06. The van der Waals surface area contributed by atoms with Crippen LogP contribution in [0.4, 0.5) is 10.1 Å². The van der Waals surface area contributed by atoms with Gasteiger partial charge in [-0.25, -0.2) is 4.39 Å². The Morgan fingerprint density at radius 2 is 2.22 bits per heavy atom. The van der Waals surface area contributed by atoms with Gasteiger partial charge in [0.05, 0.1) is 9.95 Å². The largest absolute Gasteiger partial charge is 0.317 e. The van der Waals surface area contributed by atoms with Crippen molar-refractivity contribution in [2.45, 2.75) is 32.2 Å². The Hall–Kier alpha value is -1.20. The van der Waals surface area contributed by atoms with E-state index in [1.807, 2.05) is 6.92 Å². The Morgan fingerprint density at radius 1 is 1.56 bits per heavy atom. The van der Waals surface area contributed by atoms with Gasteiger partial charge in [-0.05, 0) is 26.0 Å². The number of nitro benzene ring substituents is 1. The second-order valence-corrected chi connectivity index (χ2v) is 4.54. The summed E-state index contributed by atoms with van der Waals surface area (Å²) in [6, 6.07) is 2.32. The molecule has 0 aliphatic rings. The molecule has 0 saturated carbocycles. The highest BCUT2D eigenvalue weighted by atomic mass is 35.5. The van der Waals surface area contributed by atoms with Gasteiger partial charge in [-0.2, -0.15) is 0 Å². The second-order valence-electron chi connectivity index (χ2n) is 4.13. The number of hydrogen-bond acceptors (Lipinski definition) is 3. The van der Waals surface area contributed by atoms with Gasteiger partial charge in [0.15, 0.2) is 0 Å². The highest BCUT2D eigenvalue weighted by Crippen LogP contribution is 2.27. The average Bonchev–Trinajstić information content (AvgIpc) is 2.32. The van der Waals surface area contributed by atoms with Crippen molar-refractivity contribution in [3.63, 3.8) is 0 Å². The zero-order chi connectivity index (χ0) is 13.7. The Morgan fingerprint density at radius 3 is 2.72 bits per heavy atom. The molecule has 0 aromatic heterocycles. The molecule has 1 aromatic rings. The van der Waals surface area contributed by atoms with Crippen LogP contribution in [-0.2, 0) is 6.42 Å². The van der Waals surface area contributed by atoms with Gasteiger partial charge in [-0.15, -0.1) is 0 Å². The fourth-order valence-electron chi connectivity index (χ4n) is 1.87. The summed E-state index contributed by atoms with van der Waals surface area (Å²) >= 11 is 5.57. The molecular formula is C12H16ClFN2O2. The third-order valence-electron chi connectivity index (χ3n) is 2.83. The molecule has 0 aliphatic heterocycles. The Labute approximate surface area is 110 Å². The number of rotatable bonds is 6. The lowest BCUT2D eigenvalue weighted by Crippen LogP contribution is -2.27. The molecule has 0 saturated heterocycles. The fraction of sp³-hybridized carbons (Fsp3) is 0.500. The summed E-state index contributed by atoms with van der Waals surface area (Å²) in [6.07, 6.45) is 2.24. The number of benzene rings is 1. The predicted molar refractivity (Wildman–Crippen MR) is 69.5 cm³/mol. The number of likely N-dealkylation sites (N-methyl/N-ethyl adjacent to an activating group) is 1. The summed E-state index contributed by atoms with van der Waals surface area (Å²) in [7, 11) is 1.79. The Kier molecular flexibility index (Phi) is 5.50. The minimum Gasteiger partial charge on any atom is -0.317 e. The van der Waals surface area contributed by atoms with Crippen LogP contribution in [0.15, 0.2) is 12.1 Å². The predicted octanol–water partition coefficient (Wildman–Crippen LogP) is 3.32. The van der Waals surface area contributed by atoms with Crippen molar-refractivity contribution in [2.75, 3.05) is 7.05 Å². The Bertz CT molecular complexity index is 440. The number of nitrogens with zero attached hydrogens (tertiary/aromatic N) is 1. The molecule has 0 radical (unpaired) electrons.